The Morgan fingerprint density at radius 3 is 2.70 bits per heavy atom. The van der Waals surface area contributed by atoms with Gasteiger partial charge < -0.3 is 4.90 Å². The monoisotopic (exact) mass is 392 g/mol. The Labute approximate surface area is 156 Å². The molecule has 0 fully saturated rings. The smallest absolute Gasteiger partial charge is 0.377 e. The summed E-state index contributed by atoms with van der Waals surface area (Å²) in [6.07, 6.45) is 2.40. The number of hydrogen-bond acceptors (Lipinski definition) is 5. The lowest BCUT2D eigenvalue weighted by molar-refractivity contribution is -0.160. The van der Waals surface area contributed by atoms with E-state index < -0.39 is 12.1 Å². The van der Waals surface area contributed by atoms with Crippen LogP contribution in [0.5, 0.6) is 0 Å². The molecule has 3 heterocycles. The molecule has 0 bridgehead atoms. The number of aromatic nitrogens is 3. The first-order valence-electron chi connectivity index (χ1n) is 8.19. The Balaban J connectivity index is 1.84. The van der Waals surface area contributed by atoms with Crippen LogP contribution in [-0.4, -0.2) is 34.8 Å². The third-order valence-corrected chi connectivity index (χ3v) is 5.60. The van der Waals surface area contributed by atoms with E-state index >= 15 is 0 Å². The Hall–Kier alpha value is -2.68. The van der Waals surface area contributed by atoms with Crippen molar-refractivity contribution in [2.45, 2.75) is 12.6 Å². The van der Waals surface area contributed by atoms with Gasteiger partial charge in [0.2, 0.25) is 0 Å². The van der Waals surface area contributed by atoms with E-state index in [0.29, 0.717) is 20.7 Å². The van der Waals surface area contributed by atoms with E-state index in [1.807, 2.05) is 25.1 Å². The predicted octanol–water partition coefficient (Wildman–Crippen LogP) is 4.05. The molecular formula is C18H15F3N4OS. The number of anilines is 1. The lowest BCUT2D eigenvalue weighted by Gasteiger charge is -2.19. The van der Waals surface area contributed by atoms with Crippen molar-refractivity contribution in [3.63, 3.8) is 0 Å². The molecule has 0 aliphatic heterocycles. The highest BCUT2D eigenvalue weighted by atomic mass is 32.1. The summed E-state index contributed by atoms with van der Waals surface area (Å²) in [6, 6.07) is 1.85. The zero-order valence-corrected chi connectivity index (χ0v) is 15.3. The minimum absolute atomic E-state index is 0.196. The Morgan fingerprint density at radius 1 is 1.30 bits per heavy atom. The Bertz CT molecular complexity index is 1160. The van der Waals surface area contributed by atoms with Crippen molar-refractivity contribution in [3.05, 3.63) is 47.2 Å². The lowest BCUT2D eigenvalue weighted by atomic mass is 9.99. The topological polar surface area (TPSA) is 51.0 Å². The molecule has 140 valence electrons. The highest BCUT2D eigenvalue weighted by Gasteiger charge is 2.37. The molecule has 3 aromatic rings. The third-order valence-electron chi connectivity index (χ3n) is 4.52. The minimum atomic E-state index is -4.29. The van der Waals surface area contributed by atoms with E-state index in [1.165, 1.54) is 34.4 Å². The molecule has 9 heteroatoms. The fraction of sp³-hybridized carbons (Fsp3) is 0.278. The number of allylic oxidation sites excluding steroid dienone is 4. The van der Waals surface area contributed by atoms with Crippen LogP contribution in [0.1, 0.15) is 6.42 Å². The minimum Gasteiger partial charge on any atom is -0.377 e. The molecule has 0 radical (unpaired) electrons. The first-order chi connectivity index (χ1) is 12.8. The van der Waals surface area contributed by atoms with Gasteiger partial charge in [-0.2, -0.15) is 13.2 Å². The van der Waals surface area contributed by atoms with Gasteiger partial charge in [0, 0.05) is 26.0 Å². The van der Waals surface area contributed by atoms with Gasteiger partial charge in [-0.25, -0.2) is 9.97 Å². The summed E-state index contributed by atoms with van der Waals surface area (Å²) in [5.74, 6) is -1.52. The van der Waals surface area contributed by atoms with Gasteiger partial charge in [-0.15, -0.1) is 11.3 Å². The van der Waals surface area contributed by atoms with E-state index in [-0.39, 0.29) is 12.0 Å². The number of fused-ring (bicyclic) bond motifs is 3. The van der Waals surface area contributed by atoms with Crippen LogP contribution in [0.15, 0.2) is 41.6 Å². The predicted molar refractivity (Wildman–Crippen MR) is 101 cm³/mol. The highest BCUT2D eigenvalue weighted by Crippen LogP contribution is 2.36. The van der Waals surface area contributed by atoms with Gasteiger partial charge in [-0.1, -0.05) is 12.2 Å². The molecule has 1 atom stereocenters. The average Bonchev–Trinajstić information content (AvgIpc) is 3.01. The van der Waals surface area contributed by atoms with Gasteiger partial charge in [0.25, 0.3) is 5.56 Å². The molecule has 0 amide bonds. The number of pyridine rings is 1. The van der Waals surface area contributed by atoms with Crippen molar-refractivity contribution in [2.24, 2.45) is 5.92 Å². The van der Waals surface area contributed by atoms with Crippen molar-refractivity contribution in [3.8, 4) is 0 Å². The van der Waals surface area contributed by atoms with Crippen LogP contribution in [0.3, 0.4) is 0 Å². The maximum Gasteiger partial charge on any atom is 0.395 e. The number of alkyl halides is 3. The molecule has 5 nitrogen and oxygen atoms in total. The molecule has 3 aromatic heterocycles. The summed E-state index contributed by atoms with van der Waals surface area (Å²) in [7, 11) is 3.79. The van der Waals surface area contributed by atoms with E-state index in [0.717, 1.165) is 17.1 Å². The van der Waals surface area contributed by atoms with Crippen molar-refractivity contribution < 1.29 is 13.2 Å². The first kappa shape index (κ1) is 17.7. The molecule has 0 aromatic carbocycles. The van der Waals surface area contributed by atoms with Crippen LogP contribution in [0, 0.1) is 5.92 Å². The van der Waals surface area contributed by atoms with Crippen LogP contribution < -0.4 is 10.5 Å². The van der Waals surface area contributed by atoms with Gasteiger partial charge in [0.05, 0.1) is 22.5 Å². The number of halogens is 3. The third kappa shape index (κ3) is 2.91. The zero-order valence-electron chi connectivity index (χ0n) is 14.5. The summed E-state index contributed by atoms with van der Waals surface area (Å²) >= 11 is 1.24. The number of nitrogens with zero attached hydrogens (tertiary/aromatic N) is 4. The molecule has 27 heavy (non-hydrogen) atoms. The van der Waals surface area contributed by atoms with Crippen molar-refractivity contribution in [2.75, 3.05) is 19.0 Å². The molecule has 1 aliphatic rings. The number of hydrogen-bond donors (Lipinski definition) is 0. The summed E-state index contributed by atoms with van der Waals surface area (Å²) in [5, 5.41) is 0.803. The Kier molecular flexibility index (Phi) is 4.06. The second-order valence-electron chi connectivity index (χ2n) is 6.48. The van der Waals surface area contributed by atoms with Gasteiger partial charge in [0.1, 0.15) is 15.9 Å². The van der Waals surface area contributed by atoms with Gasteiger partial charge in [-0.05, 0) is 18.6 Å². The molecule has 0 saturated carbocycles. The van der Waals surface area contributed by atoms with Crippen molar-refractivity contribution in [1.82, 2.24) is 14.5 Å². The second-order valence-corrected chi connectivity index (χ2v) is 7.48. The quantitative estimate of drug-likeness (QED) is 0.660. The fourth-order valence-electron chi connectivity index (χ4n) is 3.12. The molecule has 0 saturated heterocycles. The molecule has 4 rings (SSSR count). The first-order valence-corrected chi connectivity index (χ1v) is 9.00. The second kappa shape index (κ2) is 6.19. The van der Waals surface area contributed by atoms with Crippen LogP contribution in [0.2, 0.25) is 0 Å². The standard InChI is InChI=1S/C18H15F3N4OS/c1-24(2)12-7-8-22-16-13(12)14-15(27-16)17(26)25(9-23-14)11-5-3-10(4-6-11)18(19,20)21/h3,5-10H,4H2,1-2H3. The Morgan fingerprint density at radius 2 is 2.07 bits per heavy atom. The average molecular weight is 392 g/mol. The number of rotatable bonds is 2. The van der Waals surface area contributed by atoms with E-state index in [4.69, 9.17) is 0 Å². The lowest BCUT2D eigenvalue weighted by Crippen LogP contribution is -2.24. The zero-order chi connectivity index (χ0) is 19.3. The summed E-state index contributed by atoms with van der Waals surface area (Å²) in [5.41, 5.74) is 1.55. The van der Waals surface area contributed by atoms with Crippen molar-refractivity contribution in [1.29, 1.82) is 0 Å². The van der Waals surface area contributed by atoms with Crippen LogP contribution in [0.25, 0.3) is 26.1 Å². The summed E-state index contributed by atoms with van der Waals surface area (Å²) < 4.78 is 40.1. The number of thiophene rings is 1. The van der Waals surface area contributed by atoms with Gasteiger partial charge in [0.15, 0.2) is 0 Å². The molecule has 1 unspecified atom stereocenters. The van der Waals surface area contributed by atoms with Crippen LogP contribution >= 0.6 is 11.3 Å². The van der Waals surface area contributed by atoms with E-state index in [2.05, 4.69) is 9.97 Å². The summed E-state index contributed by atoms with van der Waals surface area (Å²) in [6.45, 7) is 0. The SMILES string of the molecule is CN(C)c1ccnc2sc3c(=O)n(C4=CCC(C(F)(F)F)C=C4)cnc3c12. The molecule has 0 spiro atoms. The van der Waals surface area contributed by atoms with Gasteiger partial charge in [-0.3, -0.25) is 9.36 Å². The van der Waals surface area contributed by atoms with E-state index in [9.17, 15) is 18.0 Å². The maximum absolute atomic E-state index is 13.0. The fourth-order valence-corrected chi connectivity index (χ4v) is 4.17. The van der Waals surface area contributed by atoms with Gasteiger partial charge >= 0.3 is 6.18 Å². The molecular weight excluding hydrogens is 377 g/mol. The largest absolute Gasteiger partial charge is 0.395 e. The molecule has 0 N–H and O–H groups in total. The van der Waals surface area contributed by atoms with Crippen LogP contribution in [0.4, 0.5) is 18.9 Å². The maximum atomic E-state index is 13.0. The van der Waals surface area contributed by atoms with E-state index in [1.54, 1.807) is 6.20 Å². The molecule has 1 aliphatic carbocycles. The highest BCUT2D eigenvalue weighted by molar-refractivity contribution is 7.25. The summed E-state index contributed by atoms with van der Waals surface area (Å²) in [4.78, 5) is 24.3. The van der Waals surface area contributed by atoms with Crippen molar-refractivity contribution >= 4 is 43.2 Å². The van der Waals surface area contributed by atoms with Crippen LogP contribution in [-0.2, 0) is 0 Å². The normalized spacial score (nSPS) is 17.5.